The maximum absolute atomic E-state index is 10.6. The standard InChI is InChI=1S/C13H19NO/c1-4-11(2)5-6-13-7-8-14(10-15)9-12(13)3/h4-6,10H,7-9H2,1-3H3/b6-5-,11-4-. The van der Waals surface area contributed by atoms with Gasteiger partial charge in [-0.3, -0.25) is 4.79 Å². The van der Waals surface area contributed by atoms with Gasteiger partial charge in [0.15, 0.2) is 0 Å². The second kappa shape index (κ2) is 5.54. The smallest absolute Gasteiger partial charge is 0.210 e. The summed E-state index contributed by atoms with van der Waals surface area (Å²) in [5.41, 5.74) is 3.94. The van der Waals surface area contributed by atoms with Crippen LogP contribution in [-0.2, 0) is 4.79 Å². The van der Waals surface area contributed by atoms with E-state index < -0.39 is 0 Å². The lowest BCUT2D eigenvalue weighted by atomic mass is 10.0. The first-order valence-electron chi connectivity index (χ1n) is 5.36. The molecule has 0 radical (unpaired) electrons. The number of hydrogen-bond donors (Lipinski definition) is 0. The molecule has 0 saturated carbocycles. The van der Waals surface area contributed by atoms with Gasteiger partial charge in [0.05, 0.1) is 0 Å². The molecular weight excluding hydrogens is 186 g/mol. The van der Waals surface area contributed by atoms with Gasteiger partial charge in [-0.15, -0.1) is 0 Å². The van der Waals surface area contributed by atoms with E-state index in [0.717, 1.165) is 25.9 Å². The predicted octanol–water partition coefficient (Wildman–Crippen LogP) is 2.69. The van der Waals surface area contributed by atoms with Gasteiger partial charge in [0.25, 0.3) is 0 Å². The summed E-state index contributed by atoms with van der Waals surface area (Å²) >= 11 is 0. The van der Waals surface area contributed by atoms with Gasteiger partial charge >= 0.3 is 0 Å². The Kier molecular flexibility index (Phi) is 4.35. The molecule has 0 saturated heterocycles. The van der Waals surface area contributed by atoms with Crippen molar-refractivity contribution < 1.29 is 4.79 Å². The molecule has 0 aromatic rings. The average molecular weight is 205 g/mol. The van der Waals surface area contributed by atoms with Crippen molar-refractivity contribution in [3.8, 4) is 0 Å². The molecule has 2 heteroatoms. The molecule has 0 fully saturated rings. The molecule has 0 aromatic heterocycles. The van der Waals surface area contributed by atoms with E-state index in [1.54, 1.807) is 0 Å². The van der Waals surface area contributed by atoms with Crippen LogP contribution in [0.4, 0.5) is 0 Å². The third kappa shape index (κ3) is 3.39. The number of carbonyl (C=O) groups is 1. The zero-order valence-electron chi connectivity index (χ0n) is 9.79. The molecule has 0 unspecified atom stereocenters. The molecule has 1 rings (SSSR count). The van der Waals surface area contributed by atoms with Gasteiger partial charge in [-0.25, -0.2) is 0 Å². The Morgan fingerprint density at radius 1 is 1.47 bits per heavy atom. The third-order valence-corrected chi connectivity index (χ3v) is 2.81. The zero-order valence-corrected chi connectivity index (χ0v) is 9.79. The second-order valence-electron chi connectivity index (χ2n) is 4.00. The SMILES string of the molecule is C/C=C(C)\C=C/C1=C(C)CN(C=O)CC1. The molecule has 0 aliphatic carbocycles. The molecule has 0 N–H and O–H groups in total. The number of carbonyl (C=O) groups excluding carboxylic acids is 1. The average Bonchev–Trinajstić information content (AvgIpc) is 2.26. The number of allylic oxidation sites excluding steroid dienone is 4. The van der Waals surface area contributed by atoms with Crippen molar-refractivity contribution in [3.05, 3.63) is 34.9 Å². The fourth-order valence-electron chi connectivity index (χ4n) is 1.61. The summed E-state index contributed by atoms with van der Waals surface area (Å²) < 4.78 is 0. The minimum atomic E-state index is 0.776. The Bertz CT molecular complexity index is 323. The van der Waals surface area contributed by atoms with Crippen molar-refractivity contribution >= 4 is 6.41 Å². The van der Waals surface area contributed by atoms with E-state index in [1.807, 2.05) is 11.8 Å². The topological polar surface area (TPSA) is 20.3 Å². The van der Waals surface area contributed by atoms with Crippen LogP contribution in [0.2, 0.25) is 0 Å². The van der Waals surface area contributed by atoms with Gasteiger partial charge in [-0.2, -0.15) is 0 Å². The van der Waals surface area contributed by atoms with Crippen LogP contribution in [0.15, 0.2) is 34.9 Å². The van der Waals surface area contributed by atoms with Crippen LogP contribution in [0, 0.1) is 0 Å². The number of rotatable bonds is 3. The summed E-state index contributed by atoms with van der Waals surface area (Å²) in [5.74, 6) is 0. The molecule has 15 heavy (non-hydrogen) atoms. The van der Waals surface area contributed by atoms with Gasteiger partial charge in [-0.1, -0.05) is 29.4 Å². The van der Waals surface area contributed by atoms with Gasteiger partial charge in [0, 0.05) is 13.1 Å². The number of hydrogen-bond acceptors (Lipinski definition) is 1. The summed E-state index contributed by atoms with van der Waals surface area (Å²) in [4.78, 5) is 12.4. The van der Waals surface area contributed by atoms with Crippen LogP contribution >= 0.6 is 0 Å². The Morgan fingerprint density at radius 2 is 2.20 bits per heavy atom. The van der Waals surface area contributed by atoms with E-state index in [4.69, 9.17) is 0 Å². The first-order chi connectivity index (χ1) is 7.17. The summed E-state index contributed by atoms with van der Waals surface area (Å²) in [7, 11) is 0. The minimum Gasteiger partial charge on any atom is -0.341 e. The molecule has 0 bridgehead atoms. The normalized spacial score (nSPS) is 18.9. The molecule has 1 heterocycles. The van der Waals surface area contributed by atoms with E-state index in [2.05, 4.69) is 32.1 Å². The van der Waals surface area contributed by atoms with Gasteiger partial charge in [0.1, 0.15) is 0 Å². The molecule has 1 aliphatic heterocycles. The Hall–Kier alpha value is -1.31. The van der Waals surface area contributed by atoms with Gasteiger partial charge < -0.3 is 4.90 Å². The van der Waals surface area contributed by atoms with Crippen LogP contribution in [0.25, 0.3) is 0 Å². The molecule has 0 atom stereocenters. The highest BCUT2D eigenvalue weighted by Crippen LogP contribution is 2.18. The lowest BCUT2D eigenvalue weighted by Crippen LogP contribution is -2.29. The van der Waals surface area contributed by atoms with Crippen LogP contribution < -0.4 is 0 Å². The second-order valence-corrected chi connectivity index (χ2v) is 4.00. The maximum Gasteiger partial charge on any atom is 0.210 e. The van der Waals surface area contributed by atoms with E-state index in [-0.39, 0.29) is 0 Å². The molecule has 0 aromatic carbocycles. The first-order valence-corrected chi connectivity index (χ1v) is 5.36. The van der Waals surface area contributed by atoms with E-state index in [9.17, 15) is 4.79 Å². The van der Waals surface area contributed by atoms with E-state index in [0.29, 0.717) is 0 Å². The number of nitrogens with zero attached hydrogens (tertiary/aromatic N) is 1. The molecule has 2 nitrogen and oxygen atoms in total. The summed E-state index contributed by atoms with van der Waals surface area (Å²) in [6, 6.07) is 0. The summed E-state index contributed by atoms with van der Waals surface area (Å²) in [6.45, 7) is 7.84. The van der Waals surface area contributed by atoms with Crippen molar-refractivity contribution in [3.63, 3.8) is 0 Å². The van der Waals surface area contributed by atoms with Gasteiger partial charge in [-0.05, 0) is 32.8 Å². The van der Waals surface area contributed by atoms with Gasteiger partial charge in [0.2, 0.25) is 6.41 Å². The van der Waals surface area contributed by atoms with E-state index in [1.165, 1.54) is 16.7 Å². The van der Waals surface area contributed by atoms with Crippen molar-refractivity contribution in [2.45, 2.75) is 27.2 Å². The molecular formula is C13H19NO. The van der Waals surface area contributed by atoms with Crippen molar-refractivity contribution in [2.75, 3.05) is 13.1 Å². The fraction of sp³-hybridized carbons (Fsp3) is 0.462. The summed E-state index contributed by atoms with van der Waals surface area (Å²) in [5, 5.41) is 0. The molecule has 1 aliphatic rings. The predicted molar refractivity (Wildman–Crippen MR) is 63.5 cm³/mol. The highest BCUT2D eigenvalue weighted by atomic mass is 16.1. The Labute approximate surface area is 92.0 Å². The van der Waals surface area contributed by atoms with Crippen molar-refractivity contribution in [1.82, 2.24) is 4.90 Å². The fourth-order valence-corrected chi connectivity index (χ4v) is 1.61. The monoisotopic (exact) mass is 205 g/mol. The zero-order chi connectivity index (χ0) is 11.3. The first kappa shape index (κ1) is 11.8. The van der Waals surface area contributed by atoms with Crippen molar-refractivity contribution in [2.24, 2.45) is 0 Å². The lowest BCUT2D eigenvalue weighted by Gasteiger charge is -2.25. The van der Waals surface area contributed by atoms with Crippen LogP contribution in [0.3, 0.4) is 0 Å². The van der Waals surface area contributed by atoms with Crippen LogP contribution in [0.5, 0.6) is 0 Å². The Balaban J connectivity index is 2.71. The highest BCUT2D eigenvalue weighted by molar-refractivity contribution is 5.49. The van der Waals surface area contributed by atoms with Crippen molar-refractivity contribution in [1.29, 1.82) is 0 Å². The molecule has 82 valence electrons. The lowest BCUT2D eigenvalue weighted by molar-refractivity contribution is -0.117. The number of amides is 1. The molecule has 1 amide bonds. The largest absolute Gasteiger partial charge is 0.341 e. The van der Waals surface area contributed by atoms with Crippen LogP contribution in [-0.4, -0.2) is 24.4 Å². The Morgan fingerprint density at radius 3 is 2.73 bits per heavy atom. The quantitative estimate of drug-likeness (QED) is 0.512. The maximum atomic E-state index is 10.6. The van der Waals surface area contributed by atoms with Crippen LogP contribution in [0.1, 0.15) is 27.2 Å². The molecule has 0 spiro atoms. The van der Waals surface area contributed by atoms with E-state index >= 15 is 0 Å². The highest BCUT2D eigenvalue weighted by Gasteiger charge is 2.12. The summed E-state index contributed by atoms with van der Waals surface area (Å²) in [6.07, 6.45) is 8.30. The minimum absolute atomic E-state index is 0.776. The third-order valence-electron chi connectivity index (χ3n) is 2.81.